The Kier molecular flexibility index (Phi) is 3.65. The van der Waals surface area contributed by atoms with Gasteiger partial charge in [-0.05, 0) is 12.1 Å². The Morgan fingerprint density at radius 1 is 1.06 bits per heavy atom. The summed E-state index contributed by atoms with van der Waals surface area (Å²) in [4.78, 5) is 21.4. The van der Waals surface area contributed by atoms with Crippen LogP contribution < -0.4 is 0 Å². The molecule has 1 rings (SSSR count). The fourth-order valence-corrected chi connectivity index (χ4v) is 1.10. The molecule has 0 aromatic heterocycles. The number of carboxylic acid groups (broad SMARTS) is 1. The number of carbonyl (C=O) groups is 2. The lowest BCUT2D eigenvalue weighted by Crippen LogP contribution is -2.08. The van der Waals surface area contributed by atoms with E-state index in [9.17, 15) is 22.8 Å². The lowest BCUT2D eigenvalue weighted by atomic mass is 10.1. The van der Waals surface area contributed by atoms with E-state index in [2.05, 4.69) is 0 Å². The number of carbonyl (C=O) groups excluding carboxylic acids is 1. The van der Waals surface area contributed by atoms with Gasteiger partial charge in [-0.1, -0.05) is 0 Å². The van der Waals surface area contributed by atoms with E-state index in [4.69, 9.17) is 5.11 Å². The molecule has 0 radical (unpaired) electrons. The number of hydrogen-bond acceptors (Lipinski definition) is 2. The van der Waals surface area contributed by atoms with Gasteiger partial charge < -0.3 is 5.11 Å². The summed E-state index contributed by atoms with van der Waals surface area (Å²) in [5.41, 5.74) is -0.639. The van der Waals surface area contributed by atoms with Crippen molar-refractivity contribution in [2.45, 2.75) is 12.8 Å². The van der Waals surface area contributed by atoms with E-state index >= 15 is 0 Å². The van der Waals surface area contributed by atoms with Crippen molar-refractivity contribution >= 4 is 11.8 Å². The minimum absolute atomic E-state index is 0.461. The van der Waals surface area contributed by atoms with Gasteiger partial charge in [0.05, 0.1) is 12.0 Å². The third-order valence-corrected chi connectivity index (χ3v) is 1.90. The Morgan fingerprint density at radius 2 is 1.69 bits per heavy atom. The average molecular weight is 232 g/mol. The van der Waals surface area contributed by atoms with E-state index in [0.29, 0.717) is 6.07 Å². The zero-order valence-electron chi connectivity index (χ0n) is 7.97. The number of carboxylic acids is 1. The maximum Gasteiger partial charge on any atom is 0.303 e. The fraction of sp³-hybridized carbons (Fsp3) is 0.200. The summed E-state index contributed by atoms with van der Waals surface area (Å²) < 4.78 is 38.3. The molecule has 1 aromatic rings. The SMILES string of the molecule is O=C(O)CCC(=O)c1ccc(F)c(F)c1F. The molecule has 0 spiro atoms. The number of benzene rings is 1. The van der Waals surface area contributed by atoms with Gasteiger partial charge >= 0.3 is 5.97 Å². The summed E-state index contributed by atoms with van der Waals surface area (Å²) in [5, 5.41) is 8.30. The molecule has 0 bridgehead atoms. The molecule has 6 heteroatoms. The highest BCUT2D eigenvalue weighted by Crippen LogP contribution is 2.17. The van der Waals surface area contributed by atoms with Crippen molar-refractivity contribution in [2.75, 3.05) is 0 Å². The molecule has 0 unspecified atom stereocenters. The molecule has 0 fully saturated rings. The van der Waals surface area contributed by atoms with Crippen LogP contribution in [-0.4, -0.2) is 16.9 Å². The zero-order valence-corrected chi connectivity index (χ0v) is 7.97. The maximum atomic E-state index is 13.1. The molecule has 86 valence electrons. The quantitative estimate of drug-likeness (QED) is 0.639. The van der Waals surface area contributed by atoms with E-state index in [1.54, 1.807) is 0 Å². The van der Waals surface area contributed by atoms with Gasteiger partial charge in [-0.2, -0.15) is 0 Å². The smallest absolute Gasteiger partial charge is 0.303 e. The summed E-state index contributed by atoms with van der Waals surface area (Å²) in [5.74, 6) is -6.82. The van der Waals surface area contributed by atoms with Crippen LogP contribution in [0.2, 0.25) is 0 Å². The van der Waals surface area contributed by atoms with Gasteiger partial charge in [-0.25, -0.2) is 13.2 Å². The standard InChI is InChI=1S/C10H7F3O3/c11-6-2-1-5(9(12)10(6)13)7(14)3-4-8(15)16/h1-2H,3-4H2,(H,15,16). The van der Waals surface area contributed by atoms with Crippen LogP contribution in [0, 0.1) is 17.5 Å². The Balaban J connectivity index is 2.92. The van der Waals surface area contributed by atoms with E-state index in [1.165, 1.54) is 0 Å². The van der Waals surface area contributed by atoms with Crippen molar-refractivity contribution in [3.8, 4) is 0 Å². The first kappa shape index (κ1) is 12.2. The highest BCUT2D eigenvalue weighted by molar-refractivity contribution is 5.97. The summed E-state index contributed by atoms with van der Waals surface area (Å²) in [6, 6.07) is 1.41. The predicted molar refractivity (Wildman–Crippen MR) is 47.5 cm³/mol. The second kappa shape index (κ2) is 4.78. The molecule has 0 aliphatic carbocycles. The predicted octanol–water partition coefficient (Wildman–Crippen LogP) is 2.15. The number of Topliss-reactive ketones (excluding diaryl/α,β-unsaturated/α-hetero) is 1. The second-order valence-electron chi connectivity index (χ2n) is 3.04. The number of aliphatic carboxylic acids is 1. The molecular formula is C10H7F3O3. The van der Waals surface area contributed by atoms with Crippen molar-refractivity contribution in [1.82, 2.24) is 0 Å². The van der Waals surface area contributed by atoms with Crippen LogP contribution >= 0.6 is 0 Å². The van der Waals surface area contributed by atoms with Gasteiger partial charge in [0.1, 0.15) is 0 Å². The van der Waals surface area contributed by atoms with Gasteiger partial charge in [0.2, 0.25) is 0 Å². The molecule has 0 amide bonds. The Morgan fingerprint density at radius 3 is 2.25 bits per heavy atom. The molecule has 1 N–H and O–H groups in total. The van der Waals surface area contributed by atoms with E-state index in [1.807, 2.05) is 0 Å². The second-order valence-corrected chi connectivity index (χ2v) is 3.04. The molecule has 0 saturated heterocycles. The summed E-state index contributed by atoms with van der Waals surface area (Å²) in [6.45, 7) is 0. The largest absolute Gasteiger partial charge is 0.481 e. The lowest BCUT2D eigenvalue weighted by molar-refractivity contribution is -0.136. The lowest BCUT2D eigenvalue weighted by Gasteiger charge is -2.02. The van der Waals surface area contributed by atoms with Crippen LogP contribution in [0.3, 0.4) is 0 Å². The monoisotopic (exact) mass is 232 g/mol. The van der Waals surface area contributed by atoms with Crippen molar-refractivity contribution < 1.29 is 27.9 Å². The number of halogens is 3. The van der Waals surface area contributed by atoms with Crippen LogP contribution in [0.1, 0.15) is 23.2 Å². The molecule has 3 nitrogen and oxygen atoms in total. The molecule has 0 saturated carbocycles. The zero-order chi connectivity index (χ0) is 12.3. The third kappa shape index (κ3) is 2.59. The van der Waals surface area contributed by atoms with E-state index in [0.717, 1.165) is 6.07 Å². The Hall–Kier alpha value is -1.85. The Labute approximate surface area is 88.5 Å². The first-order valence-electron chi connectivity index (χ1n) is 4.32. The van der Waals surface area contributed by atoms with Crippen LogP contribution in [-0.2, 0) is 4.79 Å². The van der Waals surface area contributed by atoms with Crippen molar-refractivity contribution in [3.05, 3.63) is 35.1 Å². The fourth-order valence-electron chi connectivity index (χ4n) is 1.10. The molecule has 0 heterocycles. The number of ketones is 1. The van der Waals surface area contributed by atoms with Crippen molar-refractivity contribution in [2.24, 2.45) is 0 Å². The minimum atomic E-state index is -1.74. The van der Waals surface area contributed by atoms with Gasteiger partial charge in [-0.15, -0.1) is 0 Å². The van der Waals surface area contributed by atoms with Crippen molar-refractivity contribution in [1.29, 1.82) is 0 Å². The third-order valence-electron chi connectivity index (χ3n) is 1.90. The normalized spacial score (nSPS) is 10.2. The van der Waals surface area contributed by atoms with Gasteiger partial charge in [0.15, 0.2) is 23.2 Å². The molecular weight excluding hydrogens is 225 g/mol. The number of rotatable bonds is 4. The van der Waals surface area contributed by atoms with Crippen LogP contribution in [0.25, 0.3) is 0 Å². The highest BCUT2D eigenvalue weighted by atomic mass is 19.2. The average Bonchev–Trinajstić information content (AvgIpc) is 2.23. The van der Waals surface area contributed by atoms with Gasteiger partial charge in [-0.3, -0.25) is 9.59 Å². The summed E-state index contributed by atoms with van der Waals surface area (Å²) in [7, 11) is 0. The van der Waals surface area contributed by atoms with Crippen LogP contribution in [0.4, 0.5) is 13.2 Å². The maximum absolute atomic E-state index is 13.1. The summed E-state index contributed by atoms with van der Waals surface area (Å²) in [6.07, 6.45) is -0.950. The van der Waals surface area contributed by atoms with Crippen molar-refractivity contribution in [3.63, 3.8) is 0 Å². The molecule has 0 atom stereocenters. The molecule has 16 heavy (non-hydrogen) atoms. The molecule has 0 aliphatic rings. The summed E-state index contributed by atoms with van der Waals surface area (Å²) >= 11 is 0. The van der Waals surface area contributed by atoms with Crippen LogP contribution in [0.15, 0.2) is 12.1 Å². The highest BCUT2D eigenvalue weighted by Gasteiger charge is 2.18. The van der Waals surface area contributed by atoms with Crippen LogP contribution in [0.5, 0.6) is 0 Å². The van der Waals surface area contributed by atoms with Gasteiger partial charge in [0.25, 0.3) is 0 Å². The first-order valence-corrected chi connectivity index (χ1v) is 4.32. The van der Waals surface area contributed by atoms with E-state index in [-0.39, 0.29) is 0 Å². The first-order chi connectivity index (χ1) is 7.43. The topological polar surface area (TPSA) is 54.4 Å². The number of hydrogen-bond donors (Lipinski definition) is 1. The van der Waals surface area contributed by atoms with Gasteiger partial charge in [0, 0.05) is 6.42 Å². The molecule has 1 aromatic carbocycles. The Bertz CT molecular complexity index is 443. The van der Waals surface area contributed by atoms with E-state index < -0.39 is 47.6 Å². The minimum Gasteiger partial charge on any atom is -0.481 e. The molecule has 0 aliphatic heterocycles.